The van der Waals surface area contributed by atoms with Gasteiger partial charge in [-0.3, -0.25) is 15.0 Å². The van der Waals surface area contributed by atoms with Crippen molar-refractivity contribution >= 4 is 35.7 Å². The summed E-state index contributed by atoms with van der Waals surface area (Å²) in [4.78, 5) is 38.7. The minimum atomic E-state index is -4.90. The van der Waals surface area contributed by atoms with E-state index < -0.39 is 29.5 Å². The molecule has 0 aliphatic rings. The van der Waals surface area contributed by atoms with Crippen LogP contribution in [0.2, 0.25) is 5.02 Å². The fraction of sp³-hybridized carbons (Fsp3) is 0.211. The molecule has 0 heterocycles. The molecule has 0 saturated carbocycles. The number of nitroso groups, excluding NO2 is 1. The van der Waals surface area contributed by atoms with E-state index in [2.05, 4.69) is 20.8 Å². The average Bonchev–Trinajstić information content (AvgIpc) is 2.72. The Morgan fingerprint density at radius 3 is 2.41 bits per heavy atom. The highest BCUT2D eigenvalue weighted by Gasteiger charge is 2.34. The van der Waals surface area contributed by atoms with Gasteiger partial charge in [0.1, 0.15) is 5.82 Å². The summed E-state index contributed by atoms with van der Waals surface area (Å²) >= 11 is 5.82. The van der Waals surface area contributed by atoms with Gasteiger partial charge in [0.15, 0.2) is 0 Å². The fourth-order valence-electron chi connectivity index (χ4n) is 2.40. The Morgan fingerprint density at radius 2 is 1.84 bits per heavy atom. The van der Waals surface area contributed by atoms with Gasteiger partial charge in [-0.25, -0.2) is 14.2 Å². The highest BCUT2D eigenvalue weighted by Crippen LogP contribution is 2.33. The average molecular weight is 474 g/mol. The SMILES string of the molecule is O=CN(Cc1ccc(Cl)cc1)C(=Nc1ccc(C(F)(F)F)c(F)c1)NC(=O)NCCN=O. The van der Waals surface area contributed by atoms with Crippen LogP contribution in [0.3, 0.4) is 0 Å². The monoisotopic (exact) mass is 473 g/mol. The van der Waals surface area contributed by atoms with Gasteiger partial charge in [0.05, 0.1) is 24.3 Å². The van der Waals surface area contributed by atoms with Crippen LogP contribution in [0.25, 0.3) is 0 Å². The lowest BCUT2D eigenvalue weighted by Gasteiger charge is -2.20. The summed E-state index contributed by atoms with van der Waals surface area (Å²) in [5, 5.41) is 7.55. The van der Waals surface area contributed by atoms with Crippen LogP contribution in [-0.4, -0.2) is 36.4 Å². The maximum atomic E-state index is 13.9. The van der Waals surface area contributed by atoms with Crippen molar-refractivity contribution in [2.75, 3.05) is 13.1 Å². The number of carbonyl (C=O) groups is 2. The van der Waals surface area contributed by atoms with E-state index in [-0.39, 0.29) is 25.3 Å². The van der Waals surface area contributed by atoms with E-state index in [1.165, 1.54) is 0 Å². The van der Waals surface area contributed by atoms with E-state index in [1.54, 1.807) is 24.3 Å². The number of benzene rings is 2. The number of hydrogen-bond acceptors (Lipinski definition) is 5. The van der Waals surface area contributed by atoms with Gasteiger partial charge < -0.3 is 5.32 Å². The quantitative estimate of drug-likeness (QED) is 0.157. The van der Waals surface area contributed by atoms with E-state index in [0.717, 1.165) is 11.0 Å². The molecule has 0 unspecified atom stereocenters. The number of urea groups is 1. The van der Waals surface area contributed by atoms with Crippen molar-refractivity contribution in [2.45, 2.75) is 12.7 Å². The van der Waals surface area contributed by atoms with Crippen molar-refractivity contribution in [1.82, 2.24) is 15.5 Å². The molecule has 32 heavy (non-hydrogen) atoms. The Balaban J connectivity index is 2.36. The van der Waals surface area contributed by atoms with Crippen molar-refractivity contribution in [1.29, 1.82) is 0 Å². The summed E-state index contributed by atoms with van der Waals surface area (Å²) in [5.41, 5.74) is -1.19. The Kier molecular flexibility index (Phi) is 8.64. The predicted octanol–water partition coefficient (Wildman–Crippen LogP) is 4.21. The molecule has 0 atom stereocenters. The summed E-state index contributed by atoms with van der Waals surface area (Å²) in [6.07, 6.45) is -4.58. The third kappa shape index (κ3) is 7.30. The maximum absolute atomic E-state index is 13.9. The third-order valence-corrected chi connectivity index (χ3v) is 4.12. The topological polar surface area (TPSA) is 103 Å². The molecule has 0 fully saturated rings. The Bertz CT molecular complexity index is 999. The highest BCUT2D eigenvalue weighted by molar-refractivity contribution is 6.30. The van der Waals surface area contributed by atoms with Gasteiger partial charge in [-0.1, -0.05) is 28.9 Å². The van der Waals surface area contributed by atoms with Crippen LogP contribution in [0.1, 0.15) is 11.1 Å². The molecule has 0 radical (unpaired) electrons. The molecule has 2 aromatic rings. The molecule has 0 aliphatic heterocycles. The van der Waals surface area contributed by atoms with Crippen molar-refractivity contribution in [2.24, 2.45) is 10.2 Å². The van der Waals surface area contributed by atoms with Gasteiger partial charge in [-0.2, -0.15) is 18.1 Å². The second kappa shape index (κ2) is 11.2. The third-order valence-electron chi connectivity index (χ3n) is 3.87. The molecule has 8 nitrogen and oxygen atoms in total. The molecular weight excluding hydrogens is 458 g/mol. The maximum Gasteiger partial charge on any atom is 0.419 e. The first-order valence-corrected chi connectivity index (χ1v) is 9.27. The van der Waals surface area contributed by atoms with E-state index in [9.17, 15) is 32.1 Å². The molecule has 2 rings (SSSR count). The molecular formula is C19H16ClF4N5O3. The zero-order valence-electron chi connectivity index (χ0n) is 16.2. The van der Waals surface area contributed by atoms with Crippen molar-refractivity contribution in [3.05, 3.63) is 69.3 Å². The Labute approximate surface area is 184 Å². The standard InChI is InChI=1S/C19H16ClF4N5O3/c20-13-3-1-12(2-4-13)10-29(11-30)17(28-18(31)25-7-8-26-32)27-14-5-6-15(16(21)9-14)19(22,23)24/h1-6,9,11H,7-8,10H2,(H2,25,27,28,31). The van der Waals surface area contributed by atoms with Crippen LogP contribution in [0, 0.1) is 10.7 Å². The lowest BCUT2D eigenvalue weighted by atomic mass is 10.2. The van der Waals surface area contributed by atoms with Gasteiger partial charge in [-0.15, -0.1) is 0 Å². The van der Waals surface area contributed by atoms with Crippen LogP contribution in [0.5, 0.6) is 0 Å². The minimum Gasteiger partial charge on any atom is -0.336 e. The lowest BCUT2D eigenvalue weighted by molar-refractivity contribution is -0.140. The van der Waals surface area contributed by atoms with Crippen LogP contribution in [0.15, 0.2) is 52.6 Å². The summed E-state index contributed by atoms with van der Waals surface area (Å²) in [7, 11) is 0. The van der Waals surface area contributed by atoms with Gasteiger partial charge >= 0.3 is 12.2 Å². The van der Waals surface area contributed by atoms with E-state index in [4.69, 9.17) is 11.6 Å². The molecule has 2 aromatic carbocycles. The van der Waals surface area contributed by atoms with Crippen LogP contribution in [0.4, 0.5) is 28.0 Å². The van der Waals surface area contributed by atoms with Gasteiger partial charge in [0.2, 0.25) is 12.4 Å². The molecule has 0 aromatic heterocycles. The lowest BCUT2D eigenvalue weighted by Crippen LogP contribution is -2.47. The number of halogens is 5. The number of nitrogens with one attached hydrogen (secondary N) is 2. The number of aliphatic imine (C=N–C) groups is 1. The van der Waals surface area contributed by atoms with E-state index in [0.29, 0.717) is 29.1 Å². The van der Waals surface area contributed by atoms with Crippen LogP contribution >= 0.6 is 11.6 Å². The zero-order chi connectivity index (χ0) is 23.7. The number of rotatable bonds is 7. The predicted molar refractivity (Wildman–Crippen MR) is 109 cm³/mol. The zero-order valence-corrected chi connectivity index (χ0v) is 17.0. The molecule has 0 spiro atoms. The van der Waals surface area contributed by atoms with Crippen molar-refractivity contribution < 1.29 is 27.2 Å². The number of nitrogens with zero attached hydrogens (tertiary/aromatic N) is 3. The van der Waals surface area contributed by atoms with Crippen molar-refractivity contribution in [3.63, 3.8) is 0 Å². The largest absolute Gasteiger partial charge is 0.419 e. The summed E-state index contributed by atoms with van der Waals surface area (Å²) < 4.78 is 52.3. The van der Waals surface area contributed by atoms with E-state index in [1.807, 2.05) is 0 Å². The number of hydrogen-bond donors (Lipinski definition) is 2. The summed E-state index contributed by atoms with van der Waals surface area (Å²) in [5.74, 6) is -1.97. The van der Waals surface area contributed by atoms with Gasteiger partial charge in [-0.05, 0) is 29.8 Å². The molecule has 0 saturated heterocycles. The highest BCUT2D eigenvalue weighted by atomic mass is 35.5. The second-order valence-corrected chi connectivity index (χ2v) is 6.63. The second-order valence-electron chi connectivity index (χ2n) is 6.19. The van der Waals surface area contributed by atoms with Crippen LogP contribution in [-0.2, 0) is 17.5 Å². The Hall–Kier alpha value is -3.54. The first kappa shape index (κ1) is 24.7. The number of amides is 3. The number of guanidine groups is 1. The molecule has 2 N–H and O–H groups in total. The molecule has 0 aliphatic carbocycles. The van der Waals surface area contributed by atoms with E-state index >= 15 is 0 Å². The Morgan fingerprint density at radius 1 is 1.16 bits per heavy atom. The van der Waals surface area contributed by atoms with Crippen LogP contribution < -0.4 is 10.6 Å². The normalized spacial score (nSPS) is 11.6. The first-order valence-electron chi connectivity index (χ1n) is 8.90. The first-order chi connectivity index (χ1) is 15.1. The molecule has 13 heteroatoms. The smallest absolute Gasteiger partial charge is 0.336 e. The van der Waals surface area contributed by atoms with Gasteiger partial charge in [0.25, 0.3) is 0 Å². The molecule has 170 valence electrons. The molecule has 0 bridgehead atoms. The number of alkyl halides is 3. The summed E-state index contributed by atoms with van der Waals surface area (Å²) in [6, 6.07) is 7.35. The fourth-order valence-corrected chi connectivity index (χ4v) is 2.53. The minimum absolute atomic E-state index is 0.0984. The number of carbonyl (C=O) groups excluding carboxylic acids is 2. The molecule has 3 amide bonds. The van der Waals surface area contributed by atoms with Gasteiger partial charge in [0, 0.05) is 17.6 Å². The van der Waals surface area contributed by atoms with Crippen molar-refractivity contribution in [3.8, 4) is 0 Å². The summed E-state index contributed by atoms with van der Waals surface area (Å²) in [6.45, 7) is -0.430.